The molecule has 1 aromatic heterocycles. The summed E-state index contributed by atoms with van der Waals surface area (Å²) in [7, 11) is 1.52. The van der Waals surface area contributed by atoms with Gasteiger partial charge in [-0.05, 0) is 44.5 Å². The third-order valence-electron chi connectivity index (χ3n) is 3.12. The lowest BCUT2D eigenvalue weighted by atomic mass is 10.1. The van der Waals surface area contributed by atoms with E-state index in [0.29, 0.717) is 11.4 Å². The van der Waals surface area contributed by atoms with Crippen LogP contribution >= 0.6 is 0 Å². The number of ether oxygens (including phenoxy) is 1. The fourth-order valence-electron chi connectivity index (χ4n) is 2.15. The van der Waals surface area contributed by atoms with Crippen molar-refractivity contribution in [1.82, 2.24) is 15.6 Å². The molecule has 0 bridgehead atoms. The van der Waals surface area contributed by atoms with Crippen LogP contribution in [-0.2, 0) is 0 Å². The molecule has 2 rings (SSSR count). The molecule has 18 heavy (non-hydrogen) atoms. The van der Waals surface area contributed by atoms with E-state index in [0.717, 1.165) is 32.4 Å². The van der Waals surface area contributed by atoms with Crippen molar-refractivity contribution in [3.8, 4) is 5.88 Å². The number of nitrogens with one attached hydrogen (secondary N) is 2. The molecule has 5 heteroatoms. The molecular weight excluding hydrogens is 230 g/mol. The van der Waals surface area contributed by atoms with E-state index in [1.54, 1.807) is 18.3 Å². The normalized spacial score (nSPS) is 19.9. The second kappa shape index (κ2) is 6.35. The highest BCUT2D eigenvalue weighted by molar-refractivity contribution is 5.96. The lowest BCUT2D eigenvalue weighted by Crippen LogP contribution is -2.35. The summed E-state index contributed by atoms with van der Waals surface area (Å²) in [6.07, 6.45) is 4.69. The summed E-state index contributed by atoms with van der Waals surface area (Å²) in [5.74, 6) is 0.272. The Kier molecular flexibility index (Phi) is 4.52. The summed E-state index contributed by atoms with van der Waals surface area (Å²) < 4.78 is 5.10. The number of amides is 1. The van der Waals surface area contributed by atoms with Gasteiger partial charge in [0.2, 0.25) is 5.88 Å². The van der Waals surface area contributed by atoms with Crippen LogP contribution < -0.4 is 15.4 Å². The fraction of sp³-hybridized carbons (Fsp3) is 0.538. The second-order valence-corrected chi connectivity index (χ2v) is 4.41. The predicted molar refractivity (Wildman–Crippen MR) is 68.8 cm³/mol. The van der Waals surface area contributed by atoms with Gasteiger partial charge in [-0.3, -0.25) is 4.79 Å². The van der Waals surface area contributed by atoms with Crippen LogP contribution in [0.1, 0.15) is 29.6 Å². The fourth-order valence-corrected chi connectivity index (χ4v) is 2.15. The van der Waals surface area contributed by atoms with Gasteiger partial charge in [0.05, 0.1) is 7.11 Å². The minimum absolute atomic E-state index is 0.105. The summed E-state index contributed by atoms with van der Waals surface area (Å²) in [5.41, 5.74) is 0.497. The molecule has 0 aromatic carbocycles. The molecule has 0 spiro atoms. The van der Waals surface area contributed by atoms with E-state index < -0.39 is 0 Å². The molecule has 2 N–H and O–H groups in total. The van der Waals surface area contributed by atoms with Crippen LogP contribution in [0.25, 0.3) is 0 Å². The highest BCUT2D eigenvalue weighted by atomic mass is 16.5. The lowest BCUT2D eigenvalue weighted by molar-refractivity contribution is 0.0930. The summed E-state index contributed by atoms with van der Waals surface area (Å²) >= 11 is 0. The Balaban J connectivity index is 2.02. The number of rotatable bonds is 3. The van der Waals surface area contributed by atoms with E-state index >= 15 is 0 Å². The number of nitrogens with zero attached hydrogens (tertiary/aromatic N) is 1. The Hall–Kier alpha value is -1.62. The van der Waals surface area contributed by atoms with Crippen molar-refractivity contribution in [2.75, 3.05) is 20.2 Å². The molecular formula is C13H19N3O2. The van der Waals surface area contributed by atoms with Crippen LogP contribution in [0.15, 0.2) is 18.3 Å². The number of hydrogen-bond acceptors (Lipinski definition) is 4. The molecule has 1 atom stereocenters. The lowest BCUT2D eigenvalue weighted by Gasteiger charge is -2.16. The zero-order valence-electron chi connectivity index (χ0n) is 10.6. The van der Waals surface area contributed by atoms with Crippen molar-refractivity contribution in [3.05, 3.63) is 23.9 Å². The van der Waals surface area contributed by atoms with E-state index in [4.69, 9.17) is 4.74 Å². The van der Waals surface area contributed by atoms with Gasteiger partial charge in [0.1, 0.15) is 5.56 Å². The molecule has 5 nitrogen and oxygen atoms in total. The van der Waals surface area contributed by atoms with E-state index in [9.17, 15) is 4.79 Å². The maximum atomic E-state index is 12.2. The molecule has 0 aliphatic carbocycles. The molecule has 98 valence electrons. The average molecular weight is 249 g/mol. The zero-order chi connectivity index (χ0) is 12.8. The topological polar surface area (TPSA) is 63.2 Å². The Morgan fingerprint density at radius 2 is 2.39 bits per heavy atom. The highest BCUT2D eigenvalue weighted by Crippen LogP contribution is 2.14. The van der Waals surface area contributed by atoms with Crippen LogP contribution in [0.5, 0.6) is 5.88 Å². The predicted octanol–water partition coefficient (Wildman–Crippen LogP) is 0.962. The average Bonchev–Trinajstić information content (AvgIpc) is 2.67. The van der Waals surface area contributed by atoms with E-state index in [2.05, 4.69) is 15.6 Å². The van der Waals surface area contributed by atoms with Gasteiger partial charge in [-0.25, -0.2) is 4.98 Å². The van der Waals surface area contributed by atoms with Crippen molar-refractivity contribution in [1.29, 1.82) is 0 Å². The number of carbonyl (C=O) groups is 1. The van der Waals surface area contributed by atoms with Crippen LogP contribution in [0.4, 0.5) is 0 Å². The van der Waals surface area contributed by atoms with Gasteiger partial charge in [-0.15, -0.1) is 0 Å². The van der Waals surface area contributed by atoms with Crippen molar-refractivity contribution in [3.63, 3.8) is 0 Å². The van der Waals surface area contributed by atoms with Crippen molar-refractivity contribution < 1.29 is 9.53 Å². The minimum atomic E-state index is -0.105. The van der Waals surface area contributed by atoms with Crippen LogP contribution in [0.3, 0.4) is 0 Å². The SMILES string of the molecule is COc1ncccc1C(=O)NC1CCCNCC1. The standard InChI is InChI=1S/C13H19N3O2/c1-18-13-11(5-3-8-15-13)12(17)16-10-4-2-7-14-9-6-10/h3,5,8,10,14H,2,4,6-7,9H2,1H3,(H,16,17). The molecule has 1 aliphatic heterocycles. The minimum Gasteiger partial charge on any atom is -0.480 e. The molecule has 0 saturated carbocycles. The highest BCUT2D eigenvalue weighted by Gasteiger charge is 2.18. The maximum absolute atomic E-state index is 12.2. The van der Waals surface area contributed by atoms with Crippen molar-refractivity contribution in [2.45, 2.75) is 25.3 Å². The van der Waals surface area contributed by atoms with Gasteiger partial charge >= 0.3 is 0 Å². The molecule has 0 radical (unpaired) electrons. The Labute approximate surface area is 107 Å². The number of aromatic nitrogens is 1. The summed E-state index contributed by atoms with van der Waals surface area (Å²) in [6, 6.07) is 3.71. The van der Waals surface area contributed by atoms with E-state index in [1.807, 2.05) is 0 Å². The zero-order valence-corrected chi connectivity index (χ0v) is 10.6. The van der Waals surface area contributed by atoms with Crippen LogP contribution in [0.2, 0.25) is 0 Å². The Morgan fingerprint density at radius 1 is 1.50 bits per heavy atom. The number of carbonyl (C=O) groups excluding carboxylic acids is 1. The van der Waals surface area contributed by atoms with Crippen LogP contribution in [0, 0.1) is 0 Å². The van der Waals surface area contributed by atoms with Gasteiger partial charge in [0, 0.05) is 12.2 Å². The van der Waals surface area contributed by atoms with Gasteiger partial charge in [0.15, 0.2) is 0 Å². The third-order valence-corrected chi connectivity index (χ3v) is 3.12. The summed E-state index contributed by atoms with van der Waals surface area (Å²) in [4.78, 5) is 16.2. The molecule has 1 saturated heterocycles. The Morgan fingerprint density at radius 3 is 3.22 bits per heavy atom. The quantitative estimate of drug-likeness (QED) is 0.837. The summed E-state index contributed by atoms with van der Waals surface area (Å²) in [6.45, 7) is 1.98. The molecule has 1 fully saturated rings. The third kappa shape index (κ3) is 3.20. The smallest absolute Gasteiger partial charge is 0.256 e. The second-order valence-electron chi connectivity index (χ2n) is 4.41. The largest absolute Gasteiger partial charge is 0.480 e. The maximum Gasteiger partial charge on any atom is 0.256 e. The molecule has 1 aliphatic rings. The first kappa shape index (κ1) is 12.8. The van der Waals surface area contributed by atoms with Gasteiger partial charge < -0.3 is 15.4 Å². The van der Waals surface area contributed by atoms with Gasteiger partial charge in [-0.1, -0.05) is 0 Å². The Bertz CT molecular complexity index is 401. The first-order chi connectivity index (χ1) is 8.81. The van der Waals surface area contributed by atoms with Crippen molar-refractivity contribution >= 4 is 5.91 Å². The number of hydrogen-bond donors (Lipinski definition) is 2. The molecule has 2 heterocycles. The van der Waals surface area contributed by atoms with Gasteiger partial charge in [-0.2, -0.15) is 0 Å². The number of pyridine rings is 1. The number of methoxy groups -OCH3 is 1. The van der Waals surface area contributed by atoms with E-state index in [1.165, 1.54) is 7.11 Å². The molecule has 1 unspecified atom stereocenters. The molecule has 1 aromatic rings. The monoisotopic (exact) mass is 249 g/mol. The first-order valence-corrected chi connectivity index (χ1v) is 6.32. The van der Waals surface area contributed by atoms with Gasteiger partial charge in [0.25, 0.3) is 5.91 Å². The first-order valence-electron chi connectivity index (χ1n) is 6.32. The van der Waals surface area contributed by atoms with Crippen molar-refractivity contribution in [2.24, 2.45) is 0 Å². The van der Waals surface area contributed by atoms with E-state index in [-0.39, 0.29) is 11.9 Å². The molecule has 1 amide bonds. The summed E-state index contributed by atoms with van der Waals surface area (Å²) in [5, 5.41) is 6.38. The van der Waals surface area contributed by atoms with Crippen LogP contribution in [-0.4, -0.2) is 37.1 Å².